The quantitative estimate of drug-likeness (QED) is 0.455. The van der Waals surface area contributed by atoms with Crippen molar-refractivity contribution in [3.63, 3.8) is 0 Å². The van der Waals surface area contributed by atoms with Crippen LogP contribution in [0.4, 0.5) is 4.79 Å². The molecule has 1 aliphatic heterocycles. The van der Waals surface area contributed by atoms with Crippen molar-refractivity contribution in [1.29, 1.82) is 0 Å². The molecular weight excluding hydrogens is 349 g/mol. The van der Waals surface area contributed by atoms with Gasteiger partial charge in [0.25, 0.3) is 0 Å². The van der Waals surface area contributed by atoms with Gasteiger partial charge >= 0.3 is 12.1 Å². The van der Waals surface area contributed by atoms with E-state index in [1.54, 1.807) is 11.0 Å². The second kappa shape index (κ2) is 9.50. The van der Waals surface area contributed by atoms with Crippen LogP contribution >= 0.6 is 11.6 Å². The monoisotopic (exact) mass is 372 g/mol. The topological polar surface area (TPSA) is 55.8 Å². The average Bonchev–Trinajstić information content (AvgIpc) is 2.95. The van der Waals surface area contributed by atoms with Crippen LogP contribution in [0.15, 0.2) is 36.4 Å². The molecule has 26 heavy (non-hydrogen) atoms. The summed E-state index contributed by atoms with van der Waals surface area (Å²) < 4.78 is 10.2. The zero-order chi connectivity index (χ0) is 18.6. The van der Waals surface area contributed by atoms with Gasteiger partial charge < -0.3 is 9.47 Å². The summed E-state index contributed by atoms with van der Waals surface area (Å²) >= 11 is 5.97. The number of rotatable bonds is 3. The second-order valence-corrected chi connectivity index (χ2v) is 7.42. The first-order valence-corrected chi connectivity index (χ1v) is 8.62. The Hall–Kier alpha value is -1.41. The number of esters is 1. The molecule has 2 rings (SSSR count). The van der Waals surface area contributed by atoms with Gasteiger partial charge in [-0.2, -0.15) is 0 Å². The summed E-state index contributed by atoms with van der Waals surface area (Å²) in [6, 6.07) is 7.09. The third-order valence-corrected chi connectivity index (χ3v) is 4.20. The maximum absolute atomic E-state index is 12.8. The SMILES string of the molecule is COC(=O)/C=C/[C@H]1CC[C@@H](c2ccc(Cl)cc2)N1C(=O)OC(C)(C)C.[Li]. The molecule has 0 spiro atoms. The number of amides is 1. The van der Waals surface area contributed by atoms with E-state index in [9.17, 15) is 9.59 Å². The molecule has 2 atom stereocenters. The number of halogens is 1. The molecule has 7 heteroatoms. The number of carbonyl (C=O) groups is 2. The summed E-state index contributed by atoms with van der Waals surface area (Å²) in [6.07, 6.45) is 4.17. The fourth-order valence-electron chi connectivity index (χ4n) is 2.87. The van der Waals surface area contributed by atoms with Crippen molar-refractivity contribution in [1.82, 2.24) is 4.90 Å². The summed E-state index contributed by atoms with van der Waals surface area (Å²) in [6.45, 7) is 5.49. The summed E-state index contributed by atoms with van der Waals surface area (Å²) in [5.74, 6) is -0.445. The first-order chi connectivity index (χ1) is 11.7. The van der Waals surface area contributed by atoms with E-state index in [0.717, 1.165) is 18.4 Å². The largest absolute Gasteiger partial charge is 0.466 e. The van der Waals surface area contributed by atoms with Crippen molar-refractivity contribution in [2.45, 2.75) is 51.3 Å². The first kappa shape index (κ1) is 22.6. The molecular formula is C19H24ClLiNO4. The van der Waals surface area contributed by atoms with Crippen LogP contribution in [0.5, 0.6) is 0 Å². The summed E-state index contributed by atoms with van der Waals surface area (Å²) in [5.41, 5.74) is 0.394. The van der Waals surface area contributed by atoms with Crippen molar-refractivity contribution in [3.8, 4) is 0 Å². The fourth-order valence-corrected chi connectivity index (χ4v) is 3.00. The Kier molecular flexibility index (Phi) is 8.27. The molecule has 1 fully saturated rings. The molecule has 0 aromatic heterocycles. The van der Waals surface area contributed by atoms with E-state index in [4.69, 9.17) is 16.3 Å². The predicted molar refractivity (Wildman–Crippen MR) is 102 cm³/mol. The van der Waals surface area contributed by atoms with Gasteiger partial charge in [0.1, 0.15) is 5.60 Å². The van der Waals surface area contributed by atoms with Crippen LogP contribution in [-0.2, 0) is 14.3 Å². The minimum absolute atomic E-state index is 0. The molecule has 137 valence electrons. The smallest absolute Gasteiger partial charge is 0.411 e. The van der Waals surface area contributed by atoms with Crippen molar-refractivity contribution in [2.75, 3.05) is 7.11 Å². The van der Waals surface area contributed by atoms with Gasteiger partial charge in [-0.05, 0) is 51.3 Å². The number of hydrogen-bond acceptors (Lipinski definition) is 4. The van der Waals surface area contributed by atoms with Crippen LogP contribution < -0.4 is 0 Å². The Labute approximate surface area is 171 Å². The van der Waals surface area contributed by atoms with Crippen molar-refractivity contribution >= 4 is 42.5 Å². The molecule has 1 saturated heterocycles. The van der Waals surface area contributed by atoms with Gasteiger partial charge in [0.05, 0.1) is 19.2 Å². The van der Waals surface area contributed by atoms with E-state index >= 15 is 0 Å². The zero-order valence-electron chi connectivity index (χ0n) is 16.0. The molecule has 5 nitrogen and oxygen atoms in total. The first-order valence-electron chi connectivity index (χ1n) is 8.24. The maximum atomic E-state index is 12.8. The standard InChI is InChI=1S/C19H24ClNO4.Li/c1-19(2,3)25-18(23)21-15(10-12-17(22)24-4)9-11-16(21)13-5-7-14(20)8-6-13;/h5-8,10,12,15-16H,9,11H2,1-4H3;/b12-10+;/t15-,16+;/m1./s1. The second-order valence-electron chi connectivity index (χ2n) is 6.98. The van der Waals surface area contributed by atoms with Gasteiger partial charge in [-0.1, -0.05) is 29.8 Å². The number of methoxy groups -OCH3 is 1. The van der Waals surface area contributed by atoms with Gasteiger partial charge in [-0.3, -0.25) is 4.90 Å². The number of likely N-dealkylation sites (tertiary alicyclic amines) is 1. The van der Waals surface area contributed by atoms with Gasteiger partial charge in [0, 0.05) is 30.0 Å². The molecule has 0 bridgehead atoms. The summed E-state index contributed by atoms with van der Waals surface area (Å²) in [7, 11) is 1.32. The molecule has 1 heterocycles. The van der Waals surface area contributed by atoms with Crippen molar-refractivity contribution in [3.05, 3.63) is 47.0 Å². The van der Waals surface area contributed by atoms with Crippen molar-refractivity contribution < 1.29 is 19.1 Å². The third kappa shape index (κ3) is 6.09. The van der Waals surface area contributed by atoms with Crippen LogP contribution in [-0.4, -0.2) is 54.6 Å². The molecule has 1 aliphatic rings. The molecule has 1 amide bonds. The molecule has 0 saturated carbocycles. The van der Waals surface area contributed by atoms with Gasteiger partial charge in [-0.15, -0.1) is 0 Å². The molecule has 1 aromatic carbocycles. The van der Waals surface area contributed by atoms with Crippen LogP contribution in [0, 0.1) is 0 Å². The van der Waals surface area contributed by atoms with E-state index < -0.39 is 17.7 Å². The number of benzene rings is 1. The Morgan fingerprint density at radius 3 is 2.35 bits per heavy atom. The Bertz CT molecular complexity index is 654. The van der Waals surface area contributed by atoms with E-state index in [-0.39, 0.29) is 30.9 Å². The Morgan fingerprint density at radius 2 is 1.81 bits per heavy atom. The van der Waals surface area contributed by atoms with E-state index in [1.165, 1.54) is 13.2 Å². The van der Waals surface area contributed by atoms with Gasteiger partial charge in [-0.25, -0.2) is 9.59 Å². The van der Waals surface area contributed by atoms with Gasteiger partial charge in [0.15, 0.2) is 0 Å². The van der Waals surface area contributed by atoms with E-state index in [2.05, 4.69) is 4.74 Å². The number of hydrogen-bond donors (Lipinski definition) is 0. The minimum atomic E-state index is -0.596. The number of nitrogens with zero attached hydrogens (tertiary/aromatic N) is 1. The Balaban J connectivity index is 0.00000338. The van der Waals surface area contributed by atoms with E-state index in [0.29, 0.717) is 5.02 Å². The fraction of sp³-hybridized carbons (Fsp3) is 0.474. The van der Waals surface area contributed by atoms with E-state index in [1.807, 2.05) is 45.0 Å². The normalized spacial score (nSPS) is 20.0. The van der Waals surface area contributed by atoms with Crippen LogP contribution in [0.1, 0.15) is 45.2 Å². The molecule has 1 aromatic rings. The third-order valence-electron chi connectivity index (χ3n) is 3.94. The molecule has 0 unspecified atom stereocenters. The maximum Gasteiger partial charge on any atom is 0.411 e. The number of carbonyl (C=O) groups excluding carboxylic acids is 2. The van der Waals surface area contributed by atoms with Crippen LogP contribution in [0.2, 0.25) is 5.02 Å². The molecule has 1 radical (unpaired) electrons. The van der Waals surface area contributed by atoms with Crippen LogP contribution in [0.25, 0.3) is 0 Å². The molecule has 0 aliphatic carbocycles. The number of ether oxygens (including phenoxy) is 2. The Morgan fingerprint density at radius 1 is 1.19 bits per heavy atom. The molecule has 0 N–H and O–H groups in total. The zero-order valence-corrected chi connectivity index (χ0v) is 16.7. The minimum Gasteiger partial charge on any atom is -0.466 e. The summed E-state index contributed by atoms with van der Waals surface area (Å²) in [5, 5.41) is 0.646. The average molecular weight is 373 g/mol. The predicted octanol–water partition coefficient (Wildman–Crippen LogP) is 4.13. The van der Waals surface area contributed by atoms with Crippen molar-refractivity contribution in [2.24, 2.45) is 0 Å². The summed E-state index contributed by atoms with van der Waals surface area (Å²) in [4.78, 5) is 25.9. The van der Waals surface area contributed by atoms with Crippen LogP contribution in [0.3, 0.4) is 0 Å². The van der Waals surface area contributed by atoms with Gasteiger partial charge in [0.2, 0.25) is 0 Å².